The molecule has 8 nitrogen and oxygen atoms in total. The maximum atomic E-state index is 13.6. The monoisotopic (exact) mass is 494 g/mol. The summed E-state index contributed by atoms with van der Waals surface area (Å²) in [5, 5.41) is 8.42. The van der Waals surface area contributed by atoms with E-state index in [1.54, 1.807) is 32.2 Å². The van der Waals surface area contributed by atoms with Crippen LogP contribution in [-0.2, 0) is 21.0 Å². The van der Waals surface area contributed by atoms with E-state index in [1.165, 1.54) is 29.2 Å². The maximum Gasteiger partial charge on any atom is 0.418 e. The average molecular weight is 494 g/mol. The Morgan fingerprint density at radius 1 is 1.06 bits per heavy atom. The number of halogens is 3. The van der Waals surface area contributed by atoms with Gasteiger partial charge in [-0.1, -0.05) is 30.3 Å². The molecule has 0 atom stereocenters. The standard InChI is InChI=1S/C22H21F3N4O4S/c1-14-6-3-4-7-15(14)21-16(22(23,24)25)10-11-17(26-21)28-34(32,33)19-9-5-8-18(27-19)29(2)13-12-20(30)31/h3-11H,12-13H2,1-2H3,(H,26,28)(H,30,31). The van der Waals surface area contributed by atoms with Crippen LogP contribution in [0.5, 0.6) is 0 Å². The number of pyridine rings is 2. The zero-order valence-corrected chi connectivity index (χ0v) is 19.0. The molecule has 1 aromatic carbocycles. The van der Waals surface area contributed by atoms with E-state index in [-0.39, 0.29) is 30.2 Å². The first-order valence-corrected chi connectivity index (χ1v) is 11.4. The van der Waals surface area contributed by atoms with Crippen LogP contribution in [0.25, 0.3) is 11.3 Å². The van der Waals surface area contributed by atoms with E-state index < -0.39 is 38.5 Å². The van der Waals surface area contributed by atoms with Crippen molar-refractivity contribution in [1.82, 2.24) is 9.97 Å². The summed E-state index contributed by atoms with van der Waals surface area (Å²) >= 11 is 0. The van der Waals surface area contributed by atoms with E-state index in [9.17, 15) is 26.4 Å². The minimum absolute atomic E-state index is 0.0967. The second-order valence-electron chi connectivity index (χ2n) is 7.41. The van der Waals surface area contributed by atoms with Crippen molar-refractivity contribution in [2.24, 2.45) is 0 Å². The van der Waals surface area contributed by atoms with Crippen LogP contribution in [-0.4, -0.2) is 43.1 Å². The van der Waals surface area contributed by atoms with Crippen LogP contribution >= 0.6 is 0 Å². The lowest BCUT2D eigenvalue weighted by molar-refractivity contribution is -0.138. The minimum atomic E-state index is -4.70. The van der Waals surface area contributed by atoms with Crippen LogP contribution in [0.1, 0.15) is 17.5 Å². The van der Waals surface area contributed by atoms with E-state index >= 15 is 0 Å². The van der Waals surface area contributed by atoms with Gasteiger partial charge in [0.2, 0.25) is 0 Å². The lowest BCUT2D eigenvalue weighted by Crippen LogP contribution is -2.23. The Kier molecular flexibility index (Phi) is 7.10. The summed E-state index contributed by atoms with van der Waals surface area (Å²) in [4.78, 5) is 20.3. The third kappa shape index (κ3) is 5.81. The number of carbonyl (C=O) groups is 1. The number of anilines is 2. The van der Waals surface area contributed by atoms with Gasteiger partial charge in [0, 0.05) is 19.2 Å². The van der Waals surface area contributed by atoms with Gasteiger partial charge in [-0.15, -0.1) is 0 Å². The summed E-state index contributed by atoms with van der Waals surface area (Å²) in [6.45, 7) is 1.73. The molecular weight excluding hydrogens is 473 g/mol. The molecular formula is C22H21F3N4O4S. The smallest absolute Gasteiger partial charge is 0.418 e. The van der Waals surface area contributed by atoms with E-state index in [0.29, 0.717) is 5.56 Å². The van der Waals surface area contributed by atoms with Gasteiger partial charge in [-0.25, -0.2) is 9.97 Å². The number of nitrogens with zero attached hydrogens (tertiary/aromatic N) is 3. The molecule has 0 fully saturated rings. The maximum absolute atomic E-state index is 13.6. The summed E-state index contributed by atoms with van der Waals surface area (Å²) in [6.07, 6.45) is -4.87. The first-order valence-electron chi connectivity index (χ1n) is 9.95. The molecule has 2 aromatic heterocycles. The summed E-state index contributed by atoms with van der Waals surface area (Å²) in [5.74, 6) is -1.11. The van der Waals surface area contributed by atoms with Crippen LogP contribution < -0.4 is 9.62 Å². The zero-order valence-electron chi connectivity index (χ0n) is 18.2. The molecule has 2 heterocycles. The number of aromatic nitrogens is 2. The predicted octanol–water partition coefficient (Wildman–Crippen LogP) is 4.18. The fourth-order valence-corrected chi connectivity index (χ4v) is 4.09. The van der Waals surface area contributed by atoms with Crippen molar-refractivity contribution >= 4 is 27.6 Å². The van der Waals surface area contributed by atoms with Gasteiger partial charge in [-0.3, -0.25) is 9.52 Å². The number of aliphatic carboxylic acids is 1. The van der Waals surface area contributed by atoms with Crippen LogP contribution in [0, 0.1) is 6.92 Å². The number of carboxylic acids is 1. The number of aryl methyl sites for hydroxylation is 1. The number of alkyl halides is 3. The summed E-state index contributed by atoms with van der Waals surface area (Å²) in [7, 11) is -2.75. The van der Waals surface area contributed by atoms with E-state index in [0.717, 1.165) is 12.1 Å². The fraction of sp³-hybridized carbons (Fsp3) is 0.227. The Labute approximate surface area is 194 Å². The molecule has 0 saturated carbocycles. The SMILES string of the molecule is Cc1ccccc1-c1nc(NS(=O)(=O)c2cccc(N(C)CCC(=O)O)n2)ccc1C(F)(F)F. The molecule has 0 spiro atoms. The van der Waals surface area contributed by atoms with Gasteiger partial charge >= 0.3 is 12.1 Å². The van der Waals surface area contributed by atoms with Crippen LogP contribution in [0.3, 0.4) is 0 Å². The van der Waals surface area contributed by atoms with Crippen molar-refractivity contribution in [1.29, 1.82) is 0 Å². The van der Waals surface area contributed by atoms with Gasteiger partial charge in [0.25, 0.3) is 10.0 Å². The number of benzene rings is 1. The Morgan fingerprint density at radius 2 is 1.76 bits per heavy atom. The molecule has 3 rings (SSSR count). The normalized spacial score (nSPS) is 11.8. The molecule has 0 amide bonds. The van der Waals surface area contributed by atoms with Crippen molar-refractivity contribution in [2.45, 2.75) is 24.5 Å². The zero-order chi connectivity index (χ0) is 25.1. The number of sulfonamides is 1. The van der Waals surface area contributed by atoms with E-state index in [4.69, 9.17) is 5.11 Å². The van der Waals surface area contributed by atoms with Crippen LogP contribution in [0.2, 0.25) is 0 Å². The van der Waals surface area contributed by atoms with Crippen molar-refractivity contribution in [3.63, 3.8) is 0 Å². The van der Waals surface area contributed by atoms with Gasteiger partial charge in [-0.05, 0) is 36.8 Å². The molecule has 0 aliphatic rings. The summed E-state index contributed by atoms with van der Waals surface area (Å²) < 4.78 is 68.8. The van der Waals surface area contributed by atoms with Crippen molar-refractivity contribution in [2.75, 3.05) is 23.2 Å². The largest absolute Gasteiger partial charge is 0.481 e. The first-order chi connectivity index (χ1) is 15.9. The molecule has 0 aliphatic heterocycles. The van der Waals surface area contributed by atoms with Crippen molar-refractivity contribution in [3.05, 3.63) is 65.7 Å². The Balaban J connectivity index is 1.96. The van der Waals surface area contributed by atoms with Crippen LogP contribution in [0.15, 0.2) is 59.6 Å². The molecule has 0 aliphatic carbocycles. The van der Waals surface area contributed by atoms with Crippen LogP contribution in [0.4, 0.5) is 24.8 Å². The minimum Gasteiger partial charge on any atom is -0.481 e. The number of hydrogen-bond acceptors (Lipinski definition) is 6. The number of carboxylic acid groups (broad SMARTS) is 1. The third-order valence-corrected chi connectivity index (χ3v) is 6.13. The first kappa shape index (κ1) is 25.0. The molecule has 0 saturated heterocycles. The molecule has 0 unspecified atom stereocenters. The number of nitrogens with one attached hydrogen (secondary N) is 1. The van der Waals surface area contributed by atoms with E-state index in [1.807, 2.05) is 0 Å². The molecule has 2 N–H and O–H groups in total. The van der Waals surface area contributed by atoms with Crippen molar-refractivity contribution < 1.29 is 31.5 Å². The summed E-state index contributed by atoms with van der Waals surface area (Å²) in [6, 6.07) is 12.2. The second-order valence-corrected chi connectivity index (χ2v) is 9.04. The lowest BCUT2D eigenvalue weighted by Gasteiger charge is -2.18. The second kappa shape index (κ2) is 9.67. The Hall–Kier alpha value is -3.67. The van der Waals surface area contributed by atoms with Gasteiger partial charge in [0.05, 0.1) is 17.7 Å². The summed E-state index contributed by atoms with van der Waals surface area (Å²) in [5.41, 5.74) is -0.638. The molecule has 180 valence electrons. The van der Waals surface area contributed by atoms with Gasteiger partial charge in [0.15, 0.2) is 5.03 Å². The molecule has 34 heavy (non-hydrogen) atoms. The third-order valence-electron chi connectivity index (χ3n) is 4.88. The molecule has 0 radical (unpaired) electrons. The highest BCUT2D eigenvalue weighted by Crippen LogP contribution is 2.38. The van der Waals surface area contributed by atoms with Gasteiger partial charge < -0.3 is 10.0 Å². The molecule has 12 heteroatoms. The molecule has 0 bridgehead atoms. The highest BCUT2D eigenvalue weighted by molar-refractivity contribution is 7.92. The highest BCUT2D eigenvalue weighted by Gasteiger charge is 2.35. The predicted molar refractivity (Wildman–Crippen MR) is 120 cm³/mol. The van der Waals surface area contributed by atoms with Gasteiger partial charge in [-0.2, -0.15) is 21.6 Å². The van der Waals surface area contributed by atoms with Gasteiger partial charge in [0.1, 0.15) is 11.6 Å². The topological polar surface area (TPSA) is 112 Å². The number of rotatable bonds is 8. The lowest BCUT2D eigenvalue weighted by atomic mass is 10.0. The Morgan fingerprint density at radius 3 is 2.41 bits per heavy atom. The van der Waals surface area contributed by atoms with Crippen molar-refractivity contribution in [3.8, 4) is 11.3 Å². The number of hydrogen-bond donors (Lipinski definition) is 2. The highest BCUT2D eigenvalue weighted by atomic mass is 32.2. The quantitative estimate of drug-likeness (QED) is 0.483. The Bertz CT molecular complexity index is 1310. The fourth-order valence-electron chi connectivity index (χ4n) is 3.12. The van der Waals surface area contributed by atoms with E-state index in [2.05, 4.69) is 14.7 Å². The average Bonchev–Trinajstić information content (AvgIpc) is 2.77. The molecule has 3 aromatic rings.